The molecule has 3 aromatic rings. The number of nitrogens with zero attached hydrogens (tertiary/aromatic N) is 3. The average Bonchev–Trinajstić information content (AvgIpc) is 2.67. The van der Waals surface area contributed by atoms with Crippen LogP contribution in [0.2, 0.25) is 0 Å². The fourth-order valence-electron chi connectivity index (χ4n) is 3.04. The molecule has 0 saturated heterocycles. The molecule has 0 spiro atoms. The van der Waals surface area contributed by atoms with Gasteiger partial charge in [-0.2, -0.15) is 0 Å². The summed E-state index contributed by atoms with van der Waals surface area (Å²) in [6.45, 7) is 7.80. The molecule has 3 heterocycles. The molecule has 0 aliphatic heterocycles. The van der Waals surface area contributed by atoms with Gasteiger partial charge in [0.25, 0.3) is 11.5 Å². The maximum atomic E-state index is 13.0. The number of H-pyrrole nitrogens is 1. The van der Waals surface area contributed by atoms with Gasteiger partial charge in [-0.15, -0.1) is 0 Å². The third-order valence-corrected chi connectivity index (χ3v) is 4.60. The number of rotatable bonds is 5. The molecule has 0 saturated carbocycles. The van der Waals surface area contributed by atoms with Crippen molar-refractivity contribution in [1.82, 2.24) is 24.8 Å². The fourth-order valence-corrected chi connectivity index (χ4v) is 3.04. The quantitative estimate of drug-likeness (QED) is 0.703. The van der Waals surface area contributed by atoms with Gasteiger partial charge >= 0.3 is 5.69 Å². The Balaban J connectivity index is 2.17. The molecular weight excluding hydrogens is 358 g/mol. The van der Waals surface area contributed by atoms with Crippen LogP contribution in [0.4, 0.5) is 0 Å². The summed E-state index contributed by atoms with van der Waals surface area (Å²) < 4.78 is 1.36. The molecular formula is C20H23N5O3. The first-order valence-corrected chi connectivity index (χ1v) is 9.23. The molecule has 0 aliphatic rings. The molecule has 28 heavy (non-hydrogen) atoms. The van der Waals surface area contributed by atoms with Crippen LogP contribution in [0.3, 0.4) is 0 Å². The molecule has 8 heteroatoms. The minimum Gasteiger partial charge on any atom is -0.344 e. The molecule has 2 N–H and O–H groups in total. The Kier molecular flexibility index (Phi) is 5.39. The van der Waals surface area contributed by atoms with Gasteiger partial charge in [-0.1, -0.05) is 19.9 Å². The molecule has 1 amide bonds. The SMILES string of the molecule is CCn1c(=O)[nH]c(=O)c2c(C(=O)NC(C)c3ccccn3)cc(C(C)C)nc21. The lowest BCUT2D eigenvalue weighted by molar-refractivity contribution is 0.0940. The van der Waals surface area contributed by atoms with Crippen molar-refractivity contribution in [3.05, 3.63) is 68.3 Å². The van der Waals surface area contributed by atoms with E-state index >= 15 is 0 Å². The molecule has 0 fully saturated rings. The summed E-state index contributed by atoms with van der Waals surface area (Å²) in [6.07, 6.45) is 1.65. The van der Waals surface area contributed by atoms with Crippen molar-refractivity contribution in [2.45, 2.75) is 46.2 Å². The Hall–Kier alpha value is -3.29. The zero-order valence-electron chi connectivity index (χ0n) is 16.3. The van der Waals surface area contributed by atoms with Gasteiger partial charge in [-0.25, -0.2) is 9.78 Å². The summed E-state index contributed by atoms with van der Waals surface area (Å²) in [7, 11) is 0. The Morgan fingerprint density at radius 2 is 1.96 bits per heavy atom. The number of hydrogen-bond donors (Lipinski definition) is 2. The third kappa shape index (κ3) is 3.58. The Morgan fingerprint density at radius 1 is 1.21 bits per heavy atom. The van der Waals surface area contributed by atoms with Crippen LogP contribution >= 0.6 is 0 Å². The van der Waals surface area contributed by atoms with E-state index in [0.29, 0.717) is 17.9 Å². The Bertz CT molecular complexity index is 1130. The lowest BCUT2D eigenvalue weighted by Crippen LogP contribution is -2.34. The first kappa shape index (κ1) is 19.5. The second kappa shape index (κ2) is 7.75. The molecule has 146 valence electrons. The number of pyridine rings is 2. The first-order chi connectivity index (χ1) is 13.3. The largest absolute Gasteiger partial charge is 0.344 e. The van der Waals surface area contributed by atoms with E-state index in [4.69, 9.17) is 0 Å². The zero-order valence-corrected chi connectivity index (χ0v) is 16.3. The second-order valence-electron chi connectivity index (χ2n) is 6.90. The van der Waals surface area contributed by atoms with Crippen molar-refractivity contribution in [2.24, 2.45) is 0 Å². The molecule has 1 atom stereocenters. The zero-order chi connectivity index (χ0) is 20.4. The van der Waals surface area contributed by atoms with Gasteiger partial charge in [-0.05, 0) is 38.0 Å². The minimum absolute atomic E-state index is 0.0175. The highest BCUT2D eigenvalue weighted by atomic mass is 16.2. The van der Waals surface area contributed by atoms with Crippen LogP contribution in [-0.2, 0) is 6.54 Å². The normalized spacial score (nSPS) is 12.3. The van der Waals surface area contributed by atoms with Crippen LogP contribution in [0.25, 0.3) is 11.0 Å². The van der Waals surface area contributed by atoms with Gasteiger partial charge in [0.2, 0.25) is 0 Å². The van der Waals surface area contributed by atoms with E-state index in [1.165, 1.54) is 4.57 Å². The number of carbonyl (C=O) groups excluding carboxylic acids is 1. The van der Waals surface area contributed by atoms with E-state index in [-0.39, 0.29) is 28.6 Å². The van der Waals surface area contributed by atoms with E-state index in [1.54, 1.807) is 25.3 Å². The molecule has 3 rings (SSSR count). The van der Waals surface area contributed by atoms with Crippen LogP contribution in [0.1, 0.15) is 61.4 Å². The van der Waals surface area contributed by atoms with E-state index in [0.717, 1.165) is 0 Å². The lowest BCUT2D eigenvalue weighted by Gasteiger charge is -2.16. The highest BCUT2D eigenvalue weighted by molar-refractivity contribution is 6.05. The van der Waals surface area contributed by atoms with Gasteiger partial charge in [0.15, 0.2) is 5.65 Å². The summed E-state index contributed by atoms with van der Waals surface area (Å²) in [5, 5.41) is 2.99. The summed E-state index contributed by atoms with van der Waals surface area (Å²) in [6, 6.07) is 6.72. The highest BCUT2D eigenvalue weighted by Gasteiger charge is 2.21. The molecule has 3 aromatic heterocycles. The van der Waals surface area contributed by atoms with Gasteiger partial charge in [0.05, 0.1) is 22.7 Å². The van der Waals surface area contributed by atoms with Crippen molar-refractivity contribution in [2.75, 3.05) is 0 Å². The standard InChI is InChI=1S/C20H23N5O3/c1-5-25-17-16(19(27)24-20(25)28)13(10-15(23-17)11(2)3)18(26)22-12(4)14-8-6-7-9-21-14/h6-12H,5H2,1-4H3,(H,22,26)(H,24,27,28). The van der Waals surface area contributed by atoms with Gasteiger partial charge < -0.3 is 5.32 Å². The van der Waals surface area contributed by atoms with E-state index in [2.05, 4.69) is 20.3 Å². The van der Waals surface area contributed by atoms with Crippen molar-refractivity contribution in [1.29, 1.82) is 0 Å². The molecule has 0 bridgehead atoms. The highest BCUT2D eigenvalue weighted by Crippen LogP contribution is 2.20. The smallest absolute Gasteiger partial charge is 0.329 e. The molecule has 1 unspecified atom stereocenters. The van der Waals surface area contributed by atoms with Crippen molar-refractivity contribution in [3.63, 3.8) is 0 Å². The average molecular weight is 381 g/mol. The summed E-state index contributed by atoms with van der Waals surface area (Å²) >= 11 is 0. The van der Waals surface area contributed by atoms with Crippen LogP contribution in [-0.4, -0.2) is 25.4 Å². The van der Waals surface area contributed by atoms with E-state index in [1.807, 2.05) is 32.9 Å². The number of carbonyl (C=O) groups is 1. The van der Waals surface area contributed by atoms with Crippen LogP contribution in [0.5, 0.6) is 0 Å². The maximum absolute atomic E-state index is 13.0. The lowest BCUT2D eigenvalue weighted by atomic mass is 10.0. The number of fused-ring (bicyclic) bond motifs is 1. The number of aromatic nitrogens is 4. The van der Waals surface area contributed by atoms with Gasteiger partial charge in [0, 0.05) is 18.4 Å². The topological polar surface area (TPSA) is 110 Å². The Morgan fingerprint density at radius 3 is 2.57 bits per heavy atom. The third-order valence-electron chi connectivity index (χ3n) is 4.60. The van der Waals surface area contributed by atoms with Crippen LogP contribution in [0, 0.1) is 0 Å². The predicted octanol–water partition coefficient (Wildman–Crippen LogP) is 2.11. The van der Waals surface area contributed by atoms with Crippen molar-refractivity contribution < 1.29 is 4.79 Å². The van der Waals surface area contributed by atoms with E-state index in [9.17, 15) is 14.4 Å². The summed E-state index contributed by atoms with van der Waals surface area (Å²) in [5.74, 6) is -0.400. The Labute approximate surface area is 161 Å². The van der Waals surface area contributed by atoms with E-state index < -0.39 is 17.2 Å². The second-order valence-corrected chi connectivity index (χ2v) is 6.90. The van der Waals surface area contributed by atoms with Crippen LogP contribution < -0.4 is 16.6 Å². The summed E-state index contributed by atoms with van der Waals surface area (Å²) in [5.41, 5.74) is 0.593. The van der Waals surface area contributed by atoms with Crippen molar-refractivity contribution in [3.8, 4) is 0 Å². The molecule has 8 nitrogen and oxygen atoms in total. The number of aryl methyl sites for hydroxylation is 1. The number of aromatic amines is 1. The summed E-state index contributed by atoms with van der Waals surface area (Å²) in [4.78, 5) is 48.8. The fraction of sp³-hybridized carbons (Fsp3) is 0.350. The number of amides is 1. The van der Waals surface area contributed by atoms with Gasteiger partial charge in [0.1, 0.15) is 0 Å². The van der Waals surface area contributed by atoms with Crippen molar-refractivity contribution >= 4 is 16.9 Å². The number of nitrogens with one attached hydrogen (secondary N) is 2. The predicted molar refractivity (Wildman–Crippen MR) is 107 cm³/mol. The monoisotopic (exact) mass is 381 g/mol. The molecule has 0 radical (unpaired) electrons. The molecule has 0 aromatic carbocycles. The number of hydrogen-bond acceptors (Lipinski definition) is 5. The maximum Gasteiger partial charge on any atom is 0.329 e. The molecule has 0 aliphatic carbocycles. The van der Waals surface area contributed by atoms with Crippen LogP contribution in [0.15, 0.2) is 40.1 Å². The minimum atomic E-state index is -0.622. The first-order valence-electron chi connectivity index (χ1n) is 9.23. The van der Waals surface area contributed by atoms with Gasteiger partial charge in [-0.3, -0.25) is 24.1 Å².